The molecule has 0 atom stereocenters. The van der Waals surface area contributed by atoms with Crippen LogP contribution < -0.4 is 9.64 Å². The fourth-order valence-corrected chi connectivity index (χ4v) is 3.77. The topological polar surface area (TPSA) is 48.6 Å². The molecule has 1 aliphatic rings. The monoisotopic (exact) mass is 383 g/mol. The molecule has 1 saturated heterocycles. The lowest BCUT2D eigenvalue weighted by atomic mass is 10.1. The quantitative estimate of drug-likeness (QED) is 0.680. The van der Waals surface area contributed by atoms with Gasteiger partial charge in [0.2, 0.25) is 0 Å². The predicted molar refractivity (Wildman–Crippen MR) is 109 cm³/mol. The number of anilines is 1. The predicted octanol–water partition coefficient (Wildman–Crippen LogP) is 3.83. The summed E-state index contributed by atoms with van der Waals surface area (Å²) in [4.78, 5) is 20.5. The Bertz CT molecular complexity index is 961. The minimum atomic E-state index is 0.130. The lowest BCUT2D eigenvalue weighted by Gasteiger charge is -2.35. The number of rotatable bonds is 5. The third kappa shape index (κ3) is 3.80. The van der Waals surface area contributed by atoms with Gasteiger partial charge in [0.25, 0.3) is 0 Å². The first-order chi connectivity index (χ1) is 13.1. The summed E-state index contributed by atoms with van der Waals surface area (Å²) in [5.41, 5.74) is 2.81. The standard InChI is InChI=1S/C21H22ClN3O2/c1-27-17-5-6-20-18(12-17)19(13-23-20)21(26)14-24-7-9-25(10-8-24)16-4-2-3-15(22)11-16/h2-6,11-13,23H,7-10,14H2,1H3. The fourth-order valence-electron chi connectivity index (χ4n) is 3.58. The number of benzene rings is 2. The van der Waals surface area contributed by atoms with Gasteiger partial charge < -0.3 is 14.6 Å². The van der Waals surface area contributed by atoms with Gasteiger partial charge in [-0.3, -0.25) is 9.69 Å². The molecule has 0 spiro atoms. The highest BCUT2D eigenvalue weighted by Gasteiger charge is 2.21. The van der Waals surface area contributed by atoms with Gasteiger partial charge in [0.1, 0.15) is 5.75 Å². The second-order valence-electron chi connectivity index (χ2n) is 6.78. The van der Waals surface area contributed by atoms with Crippen LogP contribution >= 0.6 is 11.6 Å². The molecule has 0 unspecified atom stereocenters. The summed E-state index contributed by atoms with van der Waals surface area (Å²) in [5, 5.41) is 1.66. The molecule has 1 aliphatic heterocycles. The molecule has 0 saturated carbocycles. The number of halogens is 1. The molecule has 0 aliphatic carbocycles. The van der Waals surface area contributed by atoms with Crippen molar-refractivity contribution in [3.8, 4) is 5.75 Å². The van der Waals surface area contributed by atoms with Crippen LogP contribution in [-0.4, -0.2) is 55.5 Å². The number of H-pyrrole nitrogens is 1. The number of ketones is 1. The van der Waals surface area contributed by atoms with E-state index < -0.39 is 0 Å². The molecule has 0 radical (unpaired) electrons. The number of hydrogen-bond donors (Lipinski definition) is 1. The smallest absolute Gasteiger partial charge is 0.178 e. The molecule has 1 N–H and O–H groups in total. The number of fused-ring (bicyclic) bond motifs is 1. The average molecular weight is 384 g/mol. The van der Waals surface area contributed by atoms with Gasteiger partial charge in [-0.25, -0.2) is 0 Å². The highest BCUT2D eigenvalue weighted by atomic mass is 35.5. The minimum Gasteiger partial charge on any atom is -0.497 e. The highest BCUT2D eigenvalue weighted by molar-refractivity contribution is 6.30. The maximum absolute atomic E-state index is 12.9. The number of carbonyl (C=O) groups excluding carboxylic acids is 1. The van der Waals surface area contributed by atoms with Gasteiger partial charge in [0, 0.05) is 59.6 Å². The summed E-state index contributed by atoms with van der Waals surface area (Å²) >= 11 is 6.09. The average Bonchev–Trinajstić information content (AvgIpc) is 3.11. The molecular weight excluding hydrogens is 362 g/mol. The second-order valence-corrected chi connectivity index (χ2v) is 7.22. The number of nitrogens with one attached hydrogen (secondary N) is 1. The van der Waals surface area contributed by atoms with Gasteiger partial charge in [0.05, 0.1) is 13.7 Å². The SMILES string of the molecule is COc1ccc2[nH]cc(C(=O)CN3CCN(c4cccc(Cl)c4)CC3)c2c1. The zero-order valence-electron chi connectivity index (χ0n) is 15.2. The Balaban J connectivity index is 1.41. The summed E-state index contributed by atoms with van der Waals surface area (Å²) in [6.07, 6.45) is 1.80. The first kappa shape index (κ1) is 17.9. The molecule has 0 bridgehead atoms. The third-order valence-corrected chi connectivity index (χ3v) is 5.34. The van der Waals surface area contributed by atoms with Crippen molar-refractivity contribution in [1.82, 2.24) is 9.88 Å². The molecule has 2 heterocycles. The Kier molecular flexibility index (Phi) is 5.05. The summed E-state index contributed by atoms with van der Waals surface area (Å²) in [6.45, 7) is 3.89. The Morgan fingerprint density at radius 1 is 1.15 bits per heavy atom. The Morgan fingerprint density at radius 2 is 1.96 bits per heavy atom. The van der Waals surface area contributed by atoms with Crippen molar-refractivity contribution in [2.45, 2.75) is 0 Å². The molecule has 3 aromatic rings. The second kappa shape index (κ2) is 7.62. The lowest BCUT2D eigenvalue weighted by molar-refractivity contribution is 0.0928. The van der Waals surface area contributed by atoms with Gasteiger partial charge in [-0.1, -0.05) is 17.7 Å². The van der Waals surface area contributed by atoms with Crippen LogP contribution in [0.1, 0.15) is 10.4 Å². The van der Waals surface area contributed by atoms with E-state index in [-0.39, 0.29) is 5.78 Å². The summed E-state index contributed by atoms with van der Waals surface area (Å²) in [5.74, 6) is 0.886. The van der Waals surface area contributed by atoms with Gasteiger partial charge in [-0.15, -0.1) is 0 Å². The summed E-state index contributed by atoms with van der Waals surface area (Å²) in [7, 11) is 1.63. The lowest BCUT2D eigenvalue weighted by Crippen LogP contribution is -2.48. The normalized spacial score (nSPS) is 15.3. The molecular formula is C21H22ClN3O2. The number of nitrogens with zero attached hydrogens (tertiary/aromatic N) is 2. The first-order valence-electron chi connectivity index (χ1n) is 9.05. The maximum Gasteiger partial charge on any atom is 0.178 e. The van der Waals surface area contributed by atoms with E-state index in [0.29, 0.717) is 6.54 Å². The van der Waals surface area contributed by atoms with E-state index in [1.54, 1.807) is 13.3 Å². The number of ether oxygens (including phenoxy) is 1. The Labute approximate surface area is 163 Å². The number of piperazine rings is 1. The number of hydrogen-bond acceptors (Lipinski definition) is 4. The largest absolute Gasteiger partial charge is 0.497 e. The number of aromatic nitrogens is 1. The molecule has 1 fully saturated rings. The van der Waals surface area contributed by atoms with Crippen LogP contribution in [0.25, 0.3) is 10.9 Å². The van der Waals surface area contributed by atoms with E-state index in [4.69, 9.17) is 16.3 Å². The molecule has 5 nitrogen and oxygen atoms in total. The van der Waals surface area contributed by atoms with E-state index in [0.717, 1.165) is 59.1 Å². The van der Waals surface area contributed by atoms with Crippen LogP contribution in [0.15, 0.2) is 48.7 Å². The van der Waals surface area contributed by atoms with Gasteiger partial charge >= 0.3 is 0 Å². The van der Waals surface area contributed by atoms with E-state index in [1.807, 2.05) is 36.4 Å². The van der Waals surface area contributed by atoms with Crippen LogP contribution in [0.4, 0.5) is 5.69 Å². The molecule has 0 amide bonds. The number of carbonyl (C=O) groups is 1. The van der Waals surface area contributed by atoms with E-state index in [2.05, 4.69) is 20.9 Å². The highest BCUT2D eigenvalue weighted by Crippen LogP contribution is 2.25. The van der Waals surface area contributed by atoms with Crippen molar-refractivity contribution in [1.29, 1.82) is 0 Å². The van der Waals surface area contributed by atoms with Gasteiger partial charge in [-0.05, 0) is 36.4 Å². The molecule has 140 valence electrons. The molecule has 27 heavy (non-hydrogen) atoms. The van der Waals surface area contributed by atoms with E-state index in [1.165, 1.54) is 0 Å². The summed E-state index contributed by atoms with van der Waals surface area (Å²) < 4.78 is 5.29. The Morgan fingerprint density at radius 3 is 2.70 bits per heavy atom. The van der Waals surface area contributed by atoms with Crippen molar-refractivity contribution in [3.63, 3.8) is 0 Å². The van der Waals surface area contributed by atoms with Crippen molar-refractivity contribution < 1.29 is 9.53 Å². The van der Waals surface area contributed by atoms with Gasteiger partial charge in [0.15, 0.2) is 5.78 Å². The number of aromatic amines is 1. The van der Waals surface area contributed by atoms with Crippen LogP contribution in [0, 0.1) is 0 Å². The number of methoxy groups -OCH3 is 1. The molecule has 6 heteroatoms. The Hall–Kier alpha value is -2.50. The zero-order chi connectivity index (χ0) is 18.8. The van der Waals surface area contributed by atoms with Crippen LogP contribution in [0.3, 0.4) is 0 Å². The maximum atomic E-state index is 12.9. The van der Waals surface area contributed by atoms with E-state index in [9.17, 15) is 4.79 Å². The van der Waals surface area contributed by atoms with Crippen LogP contribution in [-0.2, 0) is 0 Å². The van der Waals surface area contributed by atoms with Crippen molar-refractivity contribution in [3.05, 3.63) is 59.2 Å². The van der Waals surface area contributed by atoms with Crippen LogP contribution in [0.2, 0.25) is 5.02 Å². The molecule has 2 aromatic carbocycles. The van der Waals surface area contributed by atoms with Crippen molar-refractivity contribution in [2.24, 2.45) is 0 Å². The van der Waals surface area contributed by atoms with Crippen molar-refractivity contribution in [2.75, 3.05) is 44.7 Å². The first-order valence-corrected chi connectivity index (χ1v) is 9.43. The minimum absolute atomic E-state index is 0.130. The summed E-state index contributed by atoms with van der Waals surface area (Å²) in [6, 6.07) is 13.7. The zero-order valence-corrected chi connectivity index (χ0v) is 16.0. The van der Waals surface area contributed by atoms with Crippen LogP contribution in [0.5, 0.6) is 5.75 Å². The molecule has 1 aromatic heterocycles. The fraction of sp³-hybridized carbons (Fsp3) is 0.286. The van der Waals surface area contributed by atoms with Crippen molar-refractivity contribution >= 4 is 34.0 Å². The third-order valence-electron chi connectivity index (χ3n) is 5.10. The van der Waals surface area contributed by atoms with E-state index >= 15 is 0 Å². The molecule has 4 rings (SSSR count). The van der Waals surface area contributed by atoms with Gasteiger partial charge in [-0.2, -0.15) is 0 Å². The number of Topliss-reactive ketones (excluding diaryl/α,β-unsaturated/α-hetero) is 1.